The minimum atomic E-state index is 0.119. The van der Waals surface area contributed by atoms with E-state index in [4.69, 9.17) is 0 Å². The third kappa shape index (κ3) is 2.56. The molecule has 0 aliphatic carbocycles. The Kier molecular flexibility index (Phi) is 3.63. The summed E-state index contributed by atoms with van der Waals surface area (Å²) in [4.78, 5) is 11.0. The highest BCUT2D eigenvalue weighted by molar-refractivity contribution is 5.94. The van der Waals surface area contributed by atoms with Crippen LogP contribution in [-0.2, 0) is 0 Å². The molecule has 0 fully saturated rings. The van der Waals surface area contributed by atoms with Crippen molar-refractivity contribution in [2.24, 2.45) is 0 Å². The van der Waals surface area contributed by atoms with E-state index in [0.29, 0.717) is 0 Å². The quantitative estimate of drug-likeness (QED) is 0.661. The molecule has 0 saturated heterocycles. The lowest BCUT2D eigenvalue weighted by Crippen LogP contribution is -1.91. The first-order valence-electron chi connectivity index (χ1n) is 4.93. The molecule has 0 atom stereocenters. The summed E-state index contributed by atoms with van der Waals surface area (Å²) in [7, 11) is 0. The first-order chi connectivity index (χ1) is 6.65. The molecule has 0 aliphatic heterocycles. The van der Waals surface area contributed by atoms with Crippen LogP contribution in [0.15, 0.2) is 30.3 Å². The molecule has 0 heterocycles. The number of rotatable bonds is 3. The van der Waals surface area contributed by atoms with Crippen LogP contribution in [0.4, 0.5) is 0 Å². The van der Waals surface area contributed by atoms with E-state index in [1.807, 2.05) is 24.3 Å². The van der Waals surface area contributed by atoms with Gasteiger partial charge in [0, 0.05) is 5.56 Å². The highest BCUT2D eigenvalue weighted by atomic mass is 16.1. The number of carbonyl (C=O) groups is 1. The Morgan fingerprint density at radius 2 is 1.64 bits per heavy atom. The summed E-state index contributed by atoms with van der Waals surface area (Å²) in [6.45, 7) is 5.80. The van der Waals surface area contributed by atoms with Crippen LogP contribution in [0.3, 0.4) is 0 Å². The van der Waals surface area contributed by atoms with Crippen molar-refractivity contribution in [1.29, 1.82) is 0 Å². The third-order valence-electron chi connectivity index (χ3n) is 2.26. The maximum Gasteiger partial charge on any atom is 0.159 e. The van der Waals surface area contributed by atoms with Gasteiger partial charge in [-0.15, -0.1) is 0 Å². The zero-order valence-corrected chi connectivity index (χ0v) is 9.00. The van der Waals surface area contributed by atoms with Gasteiger partial charge in [0.1, 0.15) is 0 Å². The monoisotopic (exact) mass is 188 g/mol. The van der Waals surface area contributed by atoms with Crippen LogP contribution in [0.2, 0.25) is 0 Å². The molecule has 0 unspecified atom stereocenters. The molecule has 1 heteroatoms. The SMILES string of the molecule is CC/C=C(/C)c1ccc(C(C)=O)cc1. The predicted octanol–water partition coefficient (Wildman–Crippen LogP) is 3.70. The summed E-state index contributed by atoms with van der Waals surface area (Å²) in [5, 5.41) is 0. The maximum atomic E-state index is 11.0. The molecule has 74 valence electrons. The number of ketones is 1. The third-order valence-corrected chi connectivity index (χ3v) is 2.26. The van der Waals surface area contributed by atoms with Crippen LogP contribution in [-0.4, -0.2) is 5.78 Å². The van der Waals surface area contributed by atoms with Gasteiger partial charge in [-0.2, -0.15) is 0 Å². The average Bonchev–Trinajstić information content (AvgIpc) is 2.18. The Bertz CT molecular complexity index is 344. The largest absolute Gasteiger partial charge is 0.295 e. The van der Waals surface area contributed by atoms with Crippen LogP contribution >= 0.6 is 0 Å². The molecule has 1 aromatic rings. The topological polar surface area (TPSA) is 17.1 Å². The van der Waals surface area contributed by atoms with Gasteiger partial charge in [-0.1, -0.05) is 37.3 Å². The van der Waals surface area contributed by atoms with Crippen molar-refractivity contribution in [3.63, 3.8) is 0 Å². The molecule has 1 nitrogen and oxygen atoms in total. The van der Waals surface area contributed by atoms with Gasteiger partial charge in [0.05, 0.1) is 0 Å². The number of hydrogen-bond donors (Lipinski definition) is 0. The first kappa shape index (κ1) is 10.7. The highest BCUT2D eigenvalue weighted by Crippen LogP contribution is 2.15. The summed E-state index contributed by atoms with van der Waals surface area (Å²) in [6, 6.07) is 7.76. The first-order valence-corrected chi connectivity index (χ1v) is 4.93. The fourth-order valence-corrected chi connectivity index (χ4v) is 1.39. The van der Waals surface area contributed by atoms with Crippen molar-refractivity contribution in [2.45, 2.75) is 27.2 Å². The second kappa shape index (κ2) is 4.75. The molecule has 0 aromatic heterocycles. The van der Waals surface area contributed by atoms with E-state index in [2.05, 4.69) is 19.9 Å². The maximum absolute atomic E-state index is 11.0. The van der Waals surface area contributed by atoms with Gasteiger partial charge in [-0.05, 0) is 31.4 Å². The van der Waals surface area contributed by atoms with E-state index in [9.17, 15) is 4.79 Å². The molecule has 1 aromatic carbocycles. The molecule has 0 amide bonds. The number of hydrogen-bond acceptors (Lipinski definition) is 1. The Morgan fingerprint density at radius 3 is 2.07 bits per heavy atom. The van der Waals surface area contributed by atoms with Gasteiger partial charge >= 0.3 is 0 Å². The zero-order chi connectivity index (χ0) is 10.6. The van der Waals surface area contributed by atoms with Crippen molar-refractivity contribution in [3.8, 4) is 0 Å². The van der Waals surface area contributed by atoms with Gasteiger partial charge in [-0.25, -0.2) is 0 Å². The lowest BCUT2D eigenvalue weighted by molar-refractivity contribution is 0.101. The van der Waals surface area contributed by atoms with E-state index < -0.39 is 0 Å². The fourth-order valence-electron chi connectivity index (χ4n) is 1.39. The number of carbonyl (C=O) groups excluding carboxylic acids is 1. The van der Waals surface area contributed by atoms with Crippen LogP contribution in [0.5, 0.6) is 0 Å². The van der Waals surface area contributed by atoms with Crippen LogP contribution in [0, 0.1) is 0 Å². The van der Waals surface area contributed by atoms with E-state index >= 15 is 0 Å². The van der Waals surface area contributed by atoms with Crippen molar-refractivity contribution in [2.75, 3.05) is 0 Å². The number of benzene rings is 1. The number of Topliss-reactive ketones (excluding diaryl/α,β-unsaturated/α-hetero) is 1. The molecule has 14 heavy (non-hydrogen) atoms. The van der Waals surface area contributed by atoms with E-state index in [-0.39, 0.29) is 5.78 Å². The molecule has 0 spiro atoms. The van der Waals surface area contributed by atoms with E-state index in [1.165, 1.54) is 11.1 Å². The van der Waals surface area contributed by atoms with Gasteiger partial charge in [0.25, 0.3) is 0 Å². The summed E-state index contributed by atoms with van der Waals surface area (Å²) in [5.74, 6) is 0.119. The normalized spacial score (nSPS) is 11.5. The van der Waals surface area contributed by atoms with Gasteiger partial charge in [0.15, 0.2) is 5.78 Å². The van der Waals surface area contributed by atoms with Crippen molar-refractivity contribution < 1.29 is 4.79 Å². The van der Waals surface area contributed by atoms with Gasteiger partial charge in [-0.3, -0.25) is 4.79 Å². The molecule has 1 rings (SSSR count). The second-order valence-electron chi connectivity index (χ2n) is 3.43. The standard InChI is InChI=1S/C13H16O/c1-4-5-10(2)12-6-8-13(9-7-12)11(3)14/h5-9H,4H2,1-3H3/b10-5-. The molecule has 0 N–H and O–H groups in total. The van der Waals surface area contributed by atoms with Crippen molar-refractivity contribution in [3.05, 3.63) is 41.5 Å². The van der Waals surface area contributed by atoms with Crippen molar-refractivity contribution >= 4 is 11.4 Å². The average molecular weight is 188 g/mol. The Balaban J connectivity index is 2.94. The summed E-state index contributed by atoms with van der Waals surface area (Å²) in [5.41, 5.74) is 3.23. The van der Waals surface area contributed by atoms with Gasteiger partial charge in [0.2, 0.25) is 0 Å². The highest BCUT2D eigenvalue weighted by Gasteiger charge is 1.99. The number of allylic oxidation sites excluding steroid dienone is 2. The summed E-state index contributed by atoms with van der Waals surface area (Å²) >= 11 is 0. The molecular formula is C13H16O. The molecule has 0 radical (unpaired) electrons. The van der Waals surface area contributed by atoms with Crippen LogP contribution in [0.25, 0.3) is 5.57 Å². The van der Waals surface area contributed by atoms with Crippen LogP contribution in [0.1, 0.15) is 43.1 Å². The lowest BCUT2D eigenvalue weighted by Gasteiger charge is -2.02. The Labute approximate surface area is 85.5 Å². The zero-order valence-electron chi connectivity index (χ0n) is 9.00. The van der Waals surface area contributed by atoms with Crippen LogP contribution < -0.4 is 0 Å². The smallest absolute Gasteiger partial charge is 0.159 e. The molecule has 0 aliphatic rings. The summed E-state index contributed by atoms with van der Waals surface area (Å²) < 4.78 is 0. The molecule has 0 saturated carbocycles. The Morgan fingerprint density at radius 1 is 1.14 bits per heavy atom. The van der Waals surface area contributed by atoms with E-state index in [0.717, 1.165) is 12.0 Å². The van der Waals surface area contributed by atoms with Crippen molar-refractivity contribution in [1.82, 2.24) is 0 Å². The minimum absolute atomic E-state index is 0.119. The summed E-state index contributed by atoms with van der Waals surface area (Å²) in [6.07, 6.45) is 3.23. The lowest BCUT2D eigenvalue weighted by atomic mass is 10.0. The fraction of sp³-hybridized carbons (Fsp3) is 0.308. The van der Waals surface area contributed by atoms with E-state index in [1.54, 1.807) is 6.92 Å². The molecule has 0 bridgehead atoms. The minimum Gasteiger partial charge on any atom is -0.295 e. The van der Waals surface area contributed by atoms with Gasteiger partial charge < -0.3 is 0 Å². The second-order valence-corrected chi connectivity index (χ2v) is 3.43. The predicted molar refractivity (Wildman–Crippen MR) is 60.4 cm³/mol. The molecular weight excluding hydrogens is 172 g/mol. The Hall–Kier alpha value is -1.37.